The van der Waals surface area contributed by atoms with E-state index in [9.17, 15) is 9.90 Å². The molecule has 2 atom stereocenters. The number of aliphatic hydroxyl groups excluding tert-OH is 1. The van der Waals surface area contributed by atoms with Crippen molar-refractivity contribution >= 4 is 5.91 Å². The van der Waals surface area contributed by atoms with Crippen LogP contribution in [0.4, 0.5) is 0 Å². The highest BCUT2D eigenvalue weighted by molar-refractivity contribution is 5.75. The average Bonchev–Trinajstić information content (AvgIpc) is 2.61. The first-order valence-corrected chi connectivity index (χ1v) is 8.43. The topological polar surface area (TPSA) is 75.3 Å². The lowest BCUT2D eigenvalue weighted by atomic mass is 9.99. The summed E-state index contributed by atoms with van der Waals surface area (Å²) in [5, 5.41) is 13.0. The molecule has 4 N–H and O–H groups in total. The Balaban J connectivity index is 1.63. The van der Waals surface area contributed by atoms with E-state index in [2.05, 4.69) is 5.32 Å². The molecular weight excluding hydrogens is 300 g/mol. The monoisotopic (exact) mass is 326 g/mol. The van der Waals surface area contributed by atoms with Gasteiger partial charge in [-0.2, -0.15) is 0 Å². The van der Waals surface area contributed by atoms with Gasteiger partial charge in [-0.3, -0.25) is 4.79 Å². The molecular formula is C20H26N2O2. The number of hydrogen-bond acceptors (Lipinski definition) is 3. The molecule has 4 nitrogen and oxygen atoms in total. The van der Waals surface area contributed by atoms with Crippen LogP contribution in [0.3, 0.4) is 0 Å². The average molecular weight is 326 g/mol. The number of aliphatic hydroxyl groups is 1. The lowest BCUT2D eigenvalue weighted by Crippen LogP contribution is -2.37. The van der Waals surface area contributed by atoms with Gasteiger partial charge in [0.2, 0.25) is 5.91 Å². The number of carbonyl (C=O) groups is 1. The third-order valence-electron chi connectivity index (χ3n) is 4.05. The number of nitrogens with one attached hydrogen (secondary N) is 1. The van der Waals surface area contributed by atoms with Gasteiger partial charge in [0.1, 0.15) is 0 Å². The standard InChI is InChI=1S/C20H26N2O2/c21-18(15-17-9-5-2-6-10-17)19(23)11-12-20(24)22-14-13-16-7-3-1-4-8-16/h1-10,18-19,23H,11-15,21H2,(H,22,24)/t18-,19-/m0/s1. The Kier molecular flexibility index (Phi) is 7.46. The van der Waals surface area contributed by atoms with Crippen LogP contribution in [0.1, 0.15) is 24.0 Å². The number of amides is 1. The van der Waals surface area contributed by atoms with Crippen LogP contribution >= 0.6 is 0 Å². The first-order valence-electron chi connectivity index (χ1n) is 8.43. The van der Waals surface area contributed by atoms with E-state index in [4.69, 9.17) is 5.73 Å². The van der Waals surface area contributed by atoms with Crippen LogP contribution in [0.15, 0.2) is 60.7 Å². The van der Waals surface area contributed by atoms with Gasteiger partial charge in [-0.15, -0.1) is 0 Å². The van der Waals surface area contributed by atoms with Crippen LogP contribution in [0.2, 0.25) is 0 Å². The smallest absolute Gasteiger partial charge is 0.220 e. The molecule has 0 aliphatic rings. The van der Waals surface area contributed by atoms with Crippen molar-refractivity contribution in [1.82, 2.24) is 5.32 Å². The molecule has 0 aliphatic carbocycles. The molecule has 4 heteroatoms. The van der Waals surface area contributed by atoms with E-state index in [1.54, 1.807) is 0 Å². The lowest BCUT2D eigenvalue weighted by Gasteiger charge is -2.18. The summed E-state index contributed by atoms with van der Waals surface area (Å²) in [6.45, 7) is 0.606. The van der Waals surface area contributed by atoms with Gasteiger partial charge in [0.15, 0.2) is 0 Å². The number of rotatable bonds is 9. The summed E-state index contributed by atoms with van der Waals surface area (Å²) in [6, 6.07) is 19.5. The Hall–Kier alpha value is -2.17. The summed E-state index contributed by atoms with van der Waals surface area (Å²) < 4.78 is 0. The van der Waals surface area contributed by atoms with Gasteiger partial charge in [0, 0.05) is 19.0 Å². The Bertz CT molecular complexity index is 602. The second kappa shape index (κ2) is 9.85. The molecule has 128 valence electrons. The minimum absolute atomic E-state index is 0.0445. The maximum Gasteiger partial charge on any atom is 0.220 e. The number of hydrogen-bond donors (Lipinski definition) is 3. The fourth-order valence-corrected chi connectivity index (χ4v) is 2.59. The van der Waals surface area contributed by atoms with E-state index in [1.807, 2.05) is 60.7 Å². The molecule has 0 fully saturated rings. The SMILES string of the molecule is N[C@@H](Cc1ccccc1)[C@@H](O)CCC(=O)NCCc1ccccc1. The van der Waals surface area contributed by atoms with Crippen molar-refractivity contribution in [1.29, 1.82) is 0 Å². The zero-order valence-electron chi connectivity index (χ0n) is 13.9. The first-order chi connectivity index (χ1) is 11.6. The molecule has 0 saturated carbocycles. The van der Waals surface area contributed by atoms with E-state index >= 15 is 0 Å². The van der Waals surface area contributed by atoms with Gasteiger partial charge in [-0.1, -0.05) is 60.7 Å². The van der Waals surface area contributed by atoms with Crippen molar-refractivity contribution in [2.45, 2.75) is 37.8 Å². The fraction of sp³-hybridized carbons (Fsp3) is 0.350. The summed E-state index contributed by atoms with van der Waals surface area (Å²) in [7, 11) is 0. The summed E-state index contributed by atoms with van der Waals surface area (Å²) in [4.78, 5) is 11.9. The first kappa shape index (κ1) is 18.2. The van der Waals surface area contributed by atoms with Gasteiger partial charge in [0.05, 0.1) is 6.10 Å². The molecule has 0 heterocycles. The van der Waals surface area contributed by atoms with Crippen molar-refractivity contribution in [2.24, 2.45) is 5.73 Å². The fourth-order valence-electron chi connectivity index (χ4n) is 2.59. The van der Waals surface area contributed by atoms with Crippen LogP contribution < -0.4 is 11.1 Å². The van der Waals surface area contributed by atoms with Crippen molar-refractivity contribution < 1.29 is 9.90 Å². The molecule has 2 rings (SSSR count). The summed E-state index contributed by atoms with van der Waals surface area (Å²) in [6.07, 6.45) is 1.41. The van der Waals surface area contributed by atoms with Crippen molar-refractivity contribution in [3.63, 3.8) is 0 Å². The van der Waals surface area contributed by atoms with Gasteiger partial charge in [-0.05, 0) is 30.4 Å². The Morgan fingerprint density at radius 1 is 1.00 bits per heavy atom. The Labute approximate surface area is 143 Å². The van der Waals surface area contributed by atoms with E-state index in [0.717, 1.165) is 12.0 Å². The number of nitrogens with two attached hydrogens (primary N) is 1. The zero-order chi connectivity index (χ0) is 17.2. The molecule has 2 aromatic rings. The third-order valence-corrected chi connectivity index (χ3v) is 4.05. The maximum atomic E-state index is 11.9. The van der Waals surface area contributed by atoms with Gasteiger partial charge >= 0.3 is 0 Å². The van der Waals surface area contributed by atoms with E-state index in [-0.39, 0.29) is 11.9 Å². The van der Waals surface area contributed by atoms with Crippen LogP contribution in [0, 0.1) is 0 Å². The predicted octanol–water partition coefficient (Wildman–Crippen LogP) is 2.06. The summed E-state index contributed by atoms with van der Waals surface area (Å²) >= 11 is 0. The highest BCUT2D eigenvalue weighted by Crippen LogP contribution is 2.08. The molecule has 0 saturated heterocycles. The molecule has 0 bridgehead atoms. The maximum absolute atomic E-state index is 11.9. The van der Waals surface area contributed by atoms with Crippen LogP contribution in [0.5, 0.6) is 0 Å². The molecule has 2 aromatic carbocycles. The Morgan fingerprint density at radius 2 is 1.58 bits per heavy atom. The van der Waals surface area contributed by atoms with Crippen molar-refractivity contribution in [2.75, 3.05) is 6.54 Å². The third kappa shape index (κ3) is 6.52. The van der Waals surface area contributed by atoms with Crippen LogP contribution in [0.25, 0.3) is 0 Å². The second-order valence-electron chi connectivity index (χ2n) is 6.05. The zero-order valence-corrected chi connectivity index (χ0v) is 13.9. The van der Waals surface area contributed by atoms with Gasteiger partial charge in [0.25, 0.3) is 0 Å². The molecule has 0 unspecified atom stereocenters. The highest BCUT2D eigenvalue weighted by atomic mass is 16.3. The molecule has 1 amide bonds. The van der Waals surface area contributed by atoms with Crippen LogP contribution in [-0.4, -0.2) is 29.7 Å². The molecule has 0 radical (unpaired) electrons. The Morgan fingerprint density at radius 3 is 2.21 bits per heavy atom. The minimum Gasteiger partial charge on any atom is -0.391 e. The summed E-state index contributed by atoms with van der Waals surface area (Å²) in [5.74, 6) is -0.0445. The highest BCUT2D eigenvalue weighted by Gasteiger charge is 2.16. The van der Waals surface area contributed by atoms with E-state index in [1.165, 1.54) is 5.56 Å². The van der Waals surface area contributed by atoms with Gasteiger partial charge < -0.3 is 16.2 Å². The molecule has 0 spiro atoms. The van der Waals surface area contributed by atoms with Crippen LogP contribution in [-0.2, 0) is 17.6 Å². The quantitative estimate of drug-likeness (QED) is 0.660. The summed E-state index contributed by atoms with van der Waals surface area (Å²) in [5.41, 5.74) is 8.32. The molecule has 0 aromatic heterocycles. The van der Waals surface area contributed by atoms with Crippen molar-refractivity contribution in [3.8, 4) is 0 Å². The lowest BCUT2D eigenvalue weighted by molar-refractivity contribution is -0.121. The largest absolute Gasteiger partial charge is 0.391 e. The molecule has 0 aliphatic heterocycles. The van der Waals surface area contributed by atoms with E-state index < -0.39 is 6.10 Å². The second-order valence-corrected chi connectivity index (χ2v) is 6.05. The molecule has 24 heavy (non-hydrogen) atoms. The van der Waals surface area contributed by atoms with Crippen molar-refractivity contribution in [3.05, 3.63) is 71.8 Å². The number of carbonyl (C=O) groups excluding carboxylic acids is 1. The minimum atomic E-state index is -0.676. The van der Waals surface area contributed by atoms with Gasteiger partial charge in [-0.25, -0.2) is 0 Å². The predicted molar refractivity (Wildman–Crippen MR) is 96.5 cm³/mol. The normalized spacial score (nSPS) is 13.2. The number of benzene rings is 2. The van der Waals surface area contributed by atoms with E-state index in [0.29, 0.717) is 25.8 Å².